The number of hydrogen-bond acceptors (Lipinski definition) is 3. The molecule has 1 aromatic heterocycles. The standard InChI is InChI=1S/C14H15IN2O/c1-9(2)13-7-10(3)16-14(17-13)18-12-6-4-5-11(15)8-12/h4-9H,1-3H3. The van der Waals surface area contributed by atoms with Gasteiger partial charge in [-0.25, -0.2) is 4.98 Å². The number of halogens is 1. The minimum atomic E-state index is 0.366. The molecule has 0 aliphatic rings. The molecule has 2 aromatic rings. The van der Waals surface area contributed by atoms with Crippen LogP contribution in [0.5, 0.6) is 11.8 Å². The summed E-state index contributed by atoms with van der Waals surface area (Å²) in [6, 6.07) is 10.2. The van der Waals surface area contributed by atoms with E-state index in [-0.39, 0.29) is 0 Å². The fourth-order valence-electron chi connectivity index (χ4n) is 1.54. The van der Waals surface area contributed by atoms with Crippen molar-refractivity contribution >= 4 is 22.6 Å². The van der Waals surface area contributed by atoms with Crippen LogP contribution in [-0.4, -0.2) is 9.97 Å². The van der Waals surface area contributed by atoms with E-state index < -0.39 is 0 Å². The second-order valence-electron chi connectivity index (χ2n) is 4.43. The summed E-state index contributed by atoms with van der Waals surface area (Å²) in [5.41, 5.74) is 1.93. The van der Waals surface area contributed by atoms with E-state index in [0.29, 0.717) is 11.9 Å². The fraction of sp³-hybridized carbons (Fsp3) is 0.286. The van der Waals surface area contributed by atoms with Crippen LogP contribution in [0.15, 0.2) is 30.3 Å². The number of nitrogens with zero attached hydrogens (tertiary/aromatic N) is 2. The molecular formula is C14H15IN2O. The maximum absolute atomic E-state index is 5.70. The summed E-state index contributed by atoms with van der Waals surface area (Å²) in [7, 11) is 0. The van der Waals surface area contributed by atoms with Gasteiger partial charge in [0.1, 0.15) is 5.75 Å². The summed E-state index contributed by atoms with van der Waals surface area (Å²) in [6.45, 7) is 6.17. The monoisotopic (exact) mass is 354 g/mol. The van der Waals surface area contributed by atoms with Gasteiger partial charge in [-0.05, 0) is 59.7 Å². The number of aromatic nitrogens is 2. The van der Waals surface area contributed by atoms with E-state index in [4.69, 9.17) is 4.74 Å². The minimum Gasteiger partial charge on any atom is -0.424 e. The van der Waals surface area contributed by atoms with Crippen LogP contribution in [0.25, 0.3) is 0 Å². The van der Waals surface area contributed by atoms with Crippen LogP contribution in [0.4, 0.5) is 0 Å². The maximum atomic E-state index is 5.70. The molecule has 1 heterocycles. The molecule has 0 N–H and O–H groups in total. The molecule has 0 aliphatic carbocycles. The maximum Gasteiger partial charge on any atom is 0.322 e. The van der Waals surface area contributed by atoms with Gasteiger partial charge in [0.2, 0.25) is 0 Å². The van der Waals surface area contributed by atoms with E-state index in [1.54, 1.807) is 0 Å². The zero-order valence-corrected chi connectivity index (χ0v) is 12.8. The molecular weight excluding hydrogens is 339 g/mol. The van der Waals surface area contributed by atoms with Crippen molar-refractivity contribution in [2.75, 3.05) is 0 Å². The van der Waals surface area contributed by atoms with Crippen LogP contribution in [-0.2, 0) is 0 Å². The summed E-state index contributed by atoms with van der Waals surface area (Å²) in [4.78, 5) is 8.73. The molecule has 0 radical (unpaired) electrons. The van der Waals surface area contributed by atoms with Crippen LogP contribution in [0.2, 0.25) is 0 Å². The summed E-state index contributed by atoms with van der Waals surface area (Å²) < 4.78 is 6.83. The largest absolute Gasteiger partial charge is 0.424 e. The Morgan fingerprint density at radius 1 is 1.17 bits per heavy atom. The molecule has 3 nitrogen and oxygen atoms in total. The third kappa shape index (κ3) is 3.41. The lowest BCUT2D eigenvalue weighted by Crippen LogP contribution is -2.00. The van der Waals surface area contributed by atoms with Crippen LogP contribution in [0.1, 0.15) is 31.2 Å². The average Bonchev–Trinajstić information content (AvgIpc) is 2.28. The Labute approximate surface area is 121 Å². The molecule has 4 heteroatoms. The van der Waals surface area contributed by atoms with Crippen molar-refractivity contribution < 1.29 is 4.74 Å². The molecule has 1 aromatic carbocycles. The number of rotatable bonds is 3. The molecule has 0 spiro atoms. The van der Waals surface area contributed by atoms with Gasteiger partial charge in [-0.15, -0.1) is 0 Å². The summed E-state index contributed by atoms with van der Waals surface area (Å²) >= 11 is 2.25. The quantitative estimate of drug-likeness (QED) is 0.771. The van der Waals surface area contributed by atoms with Crippen LogP contribution in [0.3, 0.4) is 0 Å². The lowest BCUT2D eigenvalue weighted by Gasteiger charge is -2.09. The van der Waals surface area contributed by atoms with Crippen molar-refractivity contribution in [3.63, 3.8) is 0 Å². The number of aryl methyl sites for hydroxylation is 1. The van der Waals surface area contributed by atoms with Crippen molar-refractivity contribution in [1.29, 1.82) is 0 Å². The average molecular weight is 354 g/mol. The highest BCUT2D eigenvalue weighted by Gasteiger charge is 2.07. The van der Waals surface area contributed by atoms with E-state index in [0.717, 1.165) is 20.7 Å². The Morgan fingerprint density at radius 2 is 1.94 bits per heavy atom. The van der Waals surface area contributed by atoms with Crippen molar-refractivity contribution in [3.8, 4) is 11.8 Å². The van der Waals surface area contributed by atoms with Gasteiger partial charge in [0, 0.05) is 9.26 Å². The third-order valence-corrected chi connectivity index (χ3v) is 3.12. The van der Waals surface area contributed by atoms with Gasteiger partial charge in [-0.3, -0.25) is 0 Å². The summed E-state index contributed by atoms with van der Waals surface area (Å²) in [6.07, 6.45) is 0. The lowest BCUT2D eigenvalue weighted by molar-refractivity contribution is 0.436. The van der Waals surface area contributed by atoms with Crippen LogP contribution >= 0.6 is 22.6 Å². The smallest absolute Gasteiger partial charge is 0.322 e. The SMILES string of the molecule is Cc1cc(C(C)C)nc(Oc2cccc(I)c2)n1. The first-order chi connectivity index (χ1) is 8.54. The molecule has 0 amide bonds. The zero-order chi connectivity index (χ0) is 13.1. The third-order valence-electron chi connectivity index (χ3n) is 2.45. The van der Waals surface area contributed by atoms with Gasteiger partial charge in [0.05, 0.1) is 5.69 Å². The predicted octanol–water partition coefficient (Wildman–Crippen LogP) is 4.31. The first kappa shape index (κ1) is 13.3. The Morgan fingerprint density at radius 3 is 2.61 bits per heavy atom. The Bertz CT molecular complexity index is 555. The molecule has 18 heavy (non-hydrogen) atoms. The first-order valence-corrected chi connectivity index (χ1v) is 6.91. The Balaban J connectivity index is 2.29. The fourth-order valence-corrected chi connectivity index (χ4v) is 2.06. The van der Waals surface area contributed by atoms with Gasteiger partial charge >= 0.3 is 6.01 Å². The van der Waals surface area contributed by atoms with Crippen LogP contribution < -0.4 is 4.74 Å². The van der Waals surface area contributed by atoms with Crippen molar-refractivity contribution in [1.82, 2.24) is 9.97 Å². The molecule has 0 unspecified atom stereocenters. The second-order valence-corrected chi connectivity index (χ2v) is 5.68. The second kappa shape index (κ2) is 5.65. The van der Waals surface area contributed by atoms with Crippen molar-refractivity contribution in [3.05, 3.63) is 45.3 Å². The molecule has 0 aliphatic heterocycles. The Kier molecular flexibility index (Phi) is 4.16. The van der Waals surface area contributed by atoms with E-state index in [9.17, 15) is 0 Å². The van der Waals surface area contributed by atoms with E-state index >= 15 is 0 Å². The molecule has 0 bridgehead atoms. The van der Waals surface area contributed by atoms with Gasteiger partial charge in [0.25, 0.3) is 0 Å². The number of hydrogen-bond donors (Lipinski definition) is 0. The molecule has 2 rings (SSSR count). The highest BCUT2D eigenvalue weighted by Crippen LogP contribution is 2.22. The number of ether oxygens (including phenoxy) is 1. The topological polar surface area (TPSA) is 35.0 Å². The van der Waals surface area contributed by atoms with Gasteiger partial charge in [-0.2, -0.15) is 4.98 Å². The molecule has 0 saturated heterocycles. The Hall–Kier alpha value is -1.17. The minimum absolute atomic E-state index is 0.366. The van der Waals surface area contributed by atoms with Gasteiger partial charge in [-0.1, -0.05) is 19.9 Å². The van der Waals surface area contributed by atoms with Crippen molar-refractivity contribution in [2.45, 2.75) is 26.7 Å². The molecule has 94 valence electrons. The first-order valence-electron chi connectivity index (χ1n) is 5.83. The van der Waals surface area contributed by atoms with Gasteiger partial charge in [0.15, 0.2) is 0 Å². The van der Waals surface area contributed by atoms with Gasteiger partial charge < -0.3 is 4.74 Å². The van der Waals surface area contributed by atoms with Crippen LogP contribution in [0, 0.1) is 10.5 Å². The molecule has 0 atom stereocenters. The highest BCUT2D eigenvalue weighted by atomic mass is 127. The van der Waals surface area contributed by atoms with Crippen molar-refractivity contribution in [2.24, 2.45) is 0 Å². The highest BCUT2D eigenvalue weighted by molar-refractivity contribution is 14.1. The summed E-state index contributed by atoms with van der Waals surface area (Å²) in [5, 5.41) is 0. The zero-order valence-electron chi connectivity index (χ0n) is 10.6. The number of benzene rings is 1. The molecule has 0 fully saturated rings. The van der Waals surface area contributed by atoms with E-state index in [1.807, 2.05) is 37.3 Å². The normalized spacial score (nSPS) is 10.7. The lowest BCUT2D eigenvalue weighted by atomic mass is 10.1. The van der Waals surface area contributed by atoms with E-state index in [1.165, 1.54) is 0 Å². The predicted molar refractivity (Wildman–Crippen MR) is 80.1 cm³/mol. The van der Waals surface area contributed by atoms with E-state index in [2.05, 4.69) is 46.4 Å². The summed E-state index contributed by atoms with van der Waals surface area (Å²) in [5.74, 6) is 1.13. The molecule has 0 saturated carbocycles.